The molecule has 8 nitrogen and oxygen atoms in total. The van der Waals surface area contributed by atoms with Crippen LogP contribution in [-0.2, 0) is 0 Å². The third-order valence-electron chi connectivity index (χ3n) is 6.57. The third kappa shape index (κ3) is 4.19. The van der Waals surface area contributed by atoms with E-state index in [1.165, 1.54) is 12.1 Å². The Morgan fingerprint density at radius 2 is 1.95 bits per heavy atom. The lowest BCUT2D eigenvalue weighted by atomic mass is 9.97. The van der Waals surface area contributed by atoms with E-state index in [1.54, 1.807) is 36.8 Å². The molecule has 5 aromatic rings. The zero-order valence-corrected chi connectivity index (χ0v) is 20.2. The number of fused-ring (bicyclic) bond motifs is 1. The average Bonchev–Trinajstić information content (AvgIpc) is 3.49. The molecule has 1 aromatic carbocycles. The Bertz CT molecular complexity index is 1640. The third-order valence-corrected chi connectivity index (χ3v) is 6.57. The first-order chi connectivity index (χ1) is 18.0. The molecule has 1 saturated heterocycles. The van der Waals surface area contributed by atoms with Crippen LogP contribution in [0.3, 0.4) is 0 Å². The van der Waals surface area contributed by atoms with Gasteiger partial charge < -0.3 is 15.6 Å². The van der Waals surface area contributed by atoms with Crippen molar-refractivity contribution in [3.8, 4) is 22.8 Å². The maximum Gasteiger partial charge on any atom is 0.147 e. The fraction of sp³-hybridized carbons (Fsp3) is 0.143. The van der Waals surface area contributed by atoms with Gasteiger partial charge in [-0.3, -0.25) is 15.1 Å². The van der Waals surface area contributed by atoms with Crippen LogP contribution in [0.15, 0.2) is 73.7 Å². The number of aryl methyl sites for hydroxylation is 1. The number of aromatic amines is 2. The van der Waals surface area contributed by atoms with Crippen LogP contribution >= 0.6 is 0 Å². The molecule has 0 atom stereocenters. The summed E-state index contributed by atoms with van der Waals surface area (Å²) >= 11 is 0. The van der Waals surface area contributed by atoms with Gasteiger partial charge in [-0.25, -0.2) is 9.37 Å². The van der Waals surface area contributed by atoms with Gasteiger partial charge in [0.1, 0.15) is 23.0 Å². The van der Waals surface area contributed by atoms with E-state index in [2.05, 4.69) is 42.7 Å². The highest BCUT2D eigenvalue weighted by atomic mass is 19.1. The van der Waals surface area contributed by atoms with Gasteiger partial charge in [-0.05, 0) is 42.3 Å². The standard InChI is InChI=1S/C28H25FN8/c1-3-4-20(17-5-7-18(29)8-6-17)21-9-24(33-16(21)2)28-22-10-23(32-12-25(22)35-36-28)26-11-31-13-27(34-26)37-14-19(30)15-37/h3-13,19,33H,1,14-15,30H2,2H3,(H,35,36)/b20-4-. The summed E-state index contributed by atoms with van der Waals surface area (Å²) < 4.78 is 13.5. The van der Waals surface area contributed by atoms with E-state index in [9.17, 15) is 4.39 Å². The second-order valence-corrected chi connectivity index (χ2v) is 9.16. The summed E-state index contributed by atoms with van der Waals surface area (Å²) in [5, 5.41) is 8.56. The molecule has 0 saturated carbocycles. The van der Waals surface area contributed by atoms with Crippen LogP contribution < -0.4 is 10.6 Å². The molecule has 0 radical (unpaired) electrons. The van der Waals surface area contributed by atoms with E-state index in [4.69, 9.17) is 10.7 Å². The topological polar surface area (TPSA) is 112 Å². The fourth-order valence-corrected chi connectivity index (χ4v) is 4.65. The van der Waals surface area contributed by atoms with E-state index >= 15 is 0 Å². The van der Waals surface area contributed by atoms with E-state index in [-0.39, 0.29) is 11.9 Å². The Morgan fingerprint density at radius 3 is 2.70 bits per heavy atom. The first kappa shape index (κ1) is 22.8. The Morgan fingerprint density at radius 1 is 1.14 bits per heavy atom. The molecule has 9 heteroatoms. The lowest BCUT2D eigenvalue weighted by molar-refractivity contribution is 0.514. The van der Waals surface area contributed by atoms with Crippen LogP contribution in [0.25, 0.3) is 39.3 Å². The van der Waals surface area contributed by atoms with Crippen molar-refractivity contribution < 1.29 is 4.39 Å². The van der Waals surface area contributed by atoms with Crippen molar-refractivity contribution >= 4 is 22.3 Å². The number of hydrogen-bond donors (Lipinski definition) is 3. The largest absolute Gasteiger partial charge is 0.357 e. The predicted molar refractivity (Wildman–Crippen MR) is 143 cm³/mol. The first-order valence-electron chi connectivity index (χ1n) is 12.0. The molecule has 37 heavy (non-hydrogen) atoms. The van der Waals surface area contributed by atoms with Gasteiger partial charge in [0.05, 0.1) is 35.5 Å². The molecular formula is C28H25FN8. The van der Waals surface area contributed by atoms with Crippen molar-refractivity contribution in [1.29, 1.82) is 0 Å². The molecule has 184 valence electrons. The van der Waals surface area contributed by atoms with Gasteiger partial charge in [0.25, 0.3) is 0 Å². The molecule has 5 heterocycles. The summed E-state index contributed by atoms with van der Waals surface area (Å²) in [5.41, 5.74) is 13.5. The highest BCUT2D eigenvalue weighted by Crippen LogP contribution is 2.34. The maximum atomic E-state index is 13.5. The number of H-pyrrole nitrogens is 2. The monoisotopic (exact) mass is 492 g/mol. The molecule has 4 aromatic heterocycles. The molecule has 1 aliphatic rings. The van der Waals surface area contributed by atoms with Gasteiger partial charge in [0, 0.05) is 35.8 Å². The number of rotatable bonds is 6. The quantitative estimate of drug-likeness (QED) is 0.298. The van der Waals surface area contributed by atoms with E-state index in [0.717, 1.165) is 63.6 Å². The molecule has 0 bridgehead atoms. The second kappa shape index (κ2) is 9.11. The minimum Gasteiger partial charge on any atom is -0.357 e. The van der Waals surface area contributed by atoms with Crippen LogP contribution in [0.1, 0.15) is 16.8 Å². The number of nitrogens with one attached hydrogen (secondary N) is 2. The zero-order valence-electron chi connectivity index (χ0n) is 20.2. The van der Waals surface area contributed by atoms with Gasteiger partial charge >= 0.3 is 0 Å². The predicted octanol–water partition coefficient (Wildman–Crippen LogP) is 4.62. The number of hydrogen-bond acceptors (Lipinski definition) is 6. The molecule has 0 unspecified atom stereocenters. The summed E-state index contributed by atoms with van der Waals surface area (Å²) in [4.78, 5) is 19.3. The number of anilines is 1. The minimum absolute atomic E-state index is 0.174. The molecule has 6 rings (SSSR count). The van der Waals surface area contributed by atoms with Crippen LogP contribution in [-0.4, -0.2) is 49.3 Å². The number of nitrogens with zero attached hydrogens (tertiary/aromatic N) is 5. The van der Waals surface area contributed by atoms with Crippen molar-refractivity contribution in [3.05, 3.63) is 96.4 Å². The summed E-state index contributed by atoms with van der Waals surface area (Å²) in [6.07, 6.45) is 8.87. The Kier molecular flexibility index (Phi) is 5.61. The van der Waals surface area contributed by atoms with E-state index in [0.29, 0.717) is 11.4 Å². The zero-order chi connectivity index (χ0) is 25.5. The maximum absolute atomic E-state index is 13.5. The van der Waals surface area contributed by atoms with Gasteiger partial charge in [0.15, 0.2) is 0 Å². The number of halogens is 1. The Balaban J connectivity index is 1.39. The molecule has 1 aliphatic heterocycles. The molecular weight excluding hydrogens is 467 g/mol. The molecule has 0 amide bonds. The number of allylic oxidation sites excluding steroid dienone is 2. The fourth-order valence-electron chi connectivity index (χ4n) is 4.65. The van der Waals surface area contributed by atoms with Crippen LogP contribution in [0.4, 0.5) is 10.2 Å². The summed E-state index contributed by atoms with van der Waals surface area (Å²) in [5.74, 6) is 0.518. The normalized spacial score (nSPS) is 14.2. The summed E-state index contributed by atoms with van der Waals surface area (Å²) in [6, 6.07) is 10.6. The number of nitrogens with two attached hydrogens (primary N) is 1. The Labute approximate surface area is 212 Å². The van der Waals surface area contributed by atoms with E-state index < -0.39 is 0 Å². The minimum atomic E-state index is -0.274. The first-order valence-corrected chi connectivity index (χ1v) is 12.0. The highest BCUT2D eigenvalue weighted by molar-refractivity contribution is 5.95. The van der Waals surface area contributed by atoms with Crippen molar-refractivity contribution in [3.63, 3.8) is 0 Å². The van der Waals surface area contributed by atoms with E-state index in [1.807, 2.05) is 19.1 Å². The lowest BCUT2D eigenvalue weighted by Gasteiger charge is -2.37. The molecule has 1 fully saturated rings. The summed E-state index contributed by atoms with van der Waals surface area (Å²) in [6.45, 7) is 7.40. The lowest BCUT2D eigenvalue weighted by Crippen LogP contribution is -2.56. The molecule has 4 N–H and O–H groups in total. The molecule has 0 aliphatic carbocycles. The second-order valence-electron chi connectivity index (χ2n) is 9.16. The summed E-state index contributed by atoms with van der Waals surface area (Å²) in [7, 11) is 0. The number of benzene rings is 1. The van der Waals surface area contributed by atoms with Crippen molar-refractivity contribution in [2.75, 3.05) is 18.0 Å². The molecule has 0 spiro atoms. The Hall–Kier alpha value is -4.63. The van der Waals surface area contributed by atoms with Crippen molar-refractivity contribution in [2.45, 2.75) is 13.0 Å². The highest BCUT2D eigenvalue weighted by Gasteiger charge is 2.25. The number of pyridine rings is 1. The van der Waals surface area contributed by atoms with Crippen molar-refractivity contribution in [1.82, 2.24) is 30.1 Å². The van der Waals surface area contributed by atoms with Gasteiger partial charge in [-0.2, -0.15) is 5.10 Å². The van der Waals surface area contributed by atoms with Crippen LogP contribution in [0.2, 0.25) is 0 Å². The van der Waals surface area contributed by atoms with Gasteiger partial charge in [0.2, 0.25) is 0 Å². The van der Waals surface area contributed by atoms with Gasteiger partial charge in [-0.1, -0.05) is 30.9 Å². The van der Waals surface area contributed by atoms with Crippen LogP contribution in [0, 0.1) is 12.7 Å². The van der Waals surface area contributed by atoms with Gasteiger partial charge in [-0.15, -0.1) is 0 Å². The van der Waals surface area contributed by atoms with Crippen LogP contribution in [0.5, 0.6) is 0 Å². The average molecular weight is 493 g/mol. The number of aromatic nitrogens is 6. The SMILES string of the molecule is C=C/C=C(/c1ccc(F)cc1)c1cc(-c2n[nH]c3cnc(-c4cncc(N5CC(N)C5)n4)cc23)[nH]c1C. The smallest absolute Gasteiger partial charge is 0.147 e. The van der Waals surface area contributed by atoms with Crippen molar-refractivity contribution in [2.24, 2.45) is 5.73 Å².